The molecule has 0 radical (unpaired) electrons. The van der Waals surface area contributed by atoms with E-state index in [2.05, 4.69) is 15.9 Å². The molecule has 3 rings (SSSR count). The van der Waals surface area contributed by atoms with Crippen LogP contribution in [-0.4, -0.2) is 41.9 Å². The van der Waals surface area contributed by atoms with Gasteiger partial charge in [-0.1, -0.05) is 42.5 Å². The first kappa shape index (κ1) is 18.1. The zero-order valence-electron chi connectivity index (χ0n) is 14.8. The van der Waals surface area contributed by atoms with Crippen molar-refractivity contribution >= 4 is 5.91 Å². The third kappa shape index (κ3) is 4.48. The van der Waals surface area contributed by atoms with Crippen molar-refractivity contribution in [1.29, 1.82) is 5.26 Å². The minimum Gasteiger partial charge on any atom is -0.368 e. The largest absolute Gasteiger partial charge is 0.368 e. The van der Waals surface area contributed by atoms with Crippen LogP contribution in [0.15, 0.2) is 54.6 Å². The molecule has 1 amide bonds. The number of primary amides is 1. The standard InChI is InChI=1S/C21H24N4O/c22-15-17-7-9-18(10-8-17)16-24-11-4-12-25(14-13-24)20(21(23)26)19-5-2-1-3-6-19/h1-3,5-10,20H,4,11-14,16H2,(H2,23,26)/t20-/m0/s1. The summed E-state index contributed by atoms with van der Waals surface area (Å²) in [5, 5.41) is 8.90. The Kier molecular flexibility index (Phi) is 6.00. The molecule has 0 aromatic heterocycles. The van der Waals surface area contributed by atoms with Crippen molar-refractivity contribution in [2.24, 2.45) is 5.73 Å². The van der Waals surface area contributed by atoms with Crippen molar-refractivity contribution in [3.63, 3.8) is 0 Å². The van der Waals surface area contributed by atoms with E-state index in [4.69, 9.17) is 11.0 Å². The lowest BCUT2D eigenvalue weighted by atomic mass is 10.0. The van der Waals surface area contributed by atoms with Crippen LogP contribution in [0, 0.1) is 11.3 Å². The molecular weight excluding hydrogens is 324 g/mol. The summed E-state index contributed by atoms with van der Waals surface area (Å²) < 4.78 is 0. The molecule has 0 aliphatic carbocycles. The van der Waals surface area contributed by atoms with Gasteiger partial charge in [0, 0.05) is 26.2 Å². The minimum atomic E-state index is -0.369. The summed E-state index contributed by atoms with van der Waals surface area (Å²) in [5.74, 6) is -0.295. The molecule has 0 bridgehead atoms. The van der Waals surface area contributed by atoms with Gasteiger partial charge in [-0.05, 0) is 36.2 Å². The number of nitrogens with zero attached hydrogens (tertiary/aromatic N) is 3. The van der Waals surface area contributed by atoms with E-state index in [0.717, 1.165) is 44.7 Å². The summed E-state index contributed by atoms with van der Waals surface area (Å²) in [4.78, 5) is 16.7. The monoisotopic (exact) mass is 348 g/mol. The van der Waals surface area contributed by atoms with Gasteiger partial charge < -0.3 is 5.73 Å². The Bertz CT molecular complexity index is 767. The maximum absolute atomic E-state index is 12.1. The fourth-order valence-corrected chi connectivity index (χ4v) is 3.54. The fourth-order valence-electron chi connectivity index (χ4n) is 3.54. The highest BCUT2D eigenvalue weighted by atomic mass is 16.1. The molecule has 0 unspecified atom stereocenters. The quantitative estimate of drug-likeness (QED) is 0.900. The van der Waals surface area contributed by atoms with Crippen molar-refractivity contribution in [3.8, 4) is 6.07 Å². The van der Waals surface area contributed by atoms with Gasteiger partial charge in [0.05, 0.1) is 11.6 Å². The van der Waals surface area contributed by atoms with Crippen LogP contribution in [0.25, 0.3) is 0 Å². The topological polar surface area (TPSA) is 73.4 Å². The van der Waals surface area contributed by atoms with Gasteiger partial charge in [0.1, 0.15) is 6.04 Å². The Hall–Kier alpha value is -2.68. The molecule has 26 heavy (non-hydrogen) atoms. The first-order chi connectivity index (χ1) is 12.7. The van der Waals surface area contributed by atoms with Crippen LogP contribution in [0.3, 0.4) is 0 Å². The van der Waals surface area contributed by atoms with E-state index >= 15 is 0 Å². The van der Waals surface area contributed by atoms with E-state index in [-0.39, 0.29) is 11.9 Å². The average molecular weight is 348 g/mol. The summed E-state index contributed by atoms with van der Waals surface area (Å²) >= 11 is 0. The number of hydrogen-bond donors (Lipinski definition) is 1. The Morgan fingerprint density at radius 1 is 1.04 bits per heavy atom. The second kappa shape index (κ2) is 8.61. The van der Waals surface area contributed by atoms with Crippen LogP contribution in [0.1, 0.15) is 29.2 Å². The highest BCUT2D eigenvalue weighted by Gasteiger charge is 2.27. The first-order valence-electron chi connectivity index (χ1n) is 8.97. The third-order valence-corrected chi connectivity index (χ3v) is 4.86. The van der Waals surface area contributed by atoms with Crippen LogP contribution in [0.5, 0.6) is 0 Å². The fraction of sp³-hybridized carbons (Fsp3) is 0.333. The summed E-state index contributed by atoms with van der Waals surface area (Å²) in [5.41, 5.74) is 8.56. The van der Waals surface area contributed by atoms with E-state index in [1.165, 1.54) is 5.56 Å². The second-order valence-electron chi connectivity index (χ2n) is 6.69. The second-order valence-corrected chi connectivity index (χ2v) is 6.69. The van der Waals surface area contributed by atoms with E-state index < -0.39 is 0 Å². The zero-order chi connectivity index (χ0) is 18.4. The minimum absolute atomic E-state index is 0.295. The number of benzene rings is 2. The van der Waals surface area contributed by atoms with Crippen molar-refractivity contribution in [2.45, 2.75) is 19.0 Å². The van der Waals surface area contributed by atoms with E-state index in [1.54, 1.807) is 0 Å². The summed E-state index contributed by atoms with van der Waals surface area (Å²) in [7, 11) is 0. The Morgan fingerprint density at radius 2 is 1.77 bits per heavy atom. The highest BCUT2D eigenvalue weighted by Crippen LogP contribution is 2.22. The molecule has 5 heteroatoms. The maximum atomic E-state index is 12.1. The summed E-state index contributed by atoms with van der Waals surface area (Å²) in [6.45, 7) is 4.38. The molecule has 2 aromatic rings. The van der Waals surface area contributed by atoms with Crippen LogP contribution in [0.2, 0.25) is 0 Å². The van der Waals surface area contributed by atoms with Gasteiger partial charge >= 0.3 is 0 Å². The first-order valence-corrected chi connectivity index (χ1v) is 8.97. The number of carbonyl (C=O) groups excluding carboxylic acids is 1. The molecule has 2 aromatic carbocycles. The van der Waals surface area contributed by atoms with Gasteiger partial charge in [0.25, 0.3) is 0 Å². The van der Waals surface area contributed by atoms with E-state index in [9.17, 15) is 4.79 Å². The molecule has 1 heterocycles. The summed E-state index contributed by atoms with van der Waals surface area (Å²) in [6.07, 6.45) is 0.993. The lowest BCUT2D eigenvalue weighted by Crippen LogP contribution is -2.40. The number of rotatable bonds is 5. The van der Waals surface area contributed by atoms with Gasteiger partial charge in [-0.3, -0.25) is 14.6 Å². The van der Waals surface area contributed by atoms with Crippen LogP contribution in [0.4, 0.5) is 0 Å². The lowest BCUT2D eigenvalue weighted by molar-refractivity contribution is -0.123. The normalized spacial score (nSPS) is 17.2. The predicted octanol–water partition coefficient (Wildman–Crippen LogP) is 2.29. The molecule has 0 spiro atoms. The highest BCUT2D eigenvalue weighted by molar-refractivity contribution is 5.81. The molecule has 1 aliphatic rings. The van der Waals surface area contributed by atoms with Gasteiger partial charge in [-0.25, -0.2) is 0 Å². The van der Waals surface area contributed by atoms with Crippen LogP contribution in [-0.2, 0) is 11.3 Å². The SMILES string of the molecule is N#Cc1ccc(CN2CCCN([C@H](C(N)=O)c3ccccc3)CC2)cc1. The number of nitriles is 1. The number of carbonyl (C=O) groups is 1. The maximum Gasteiger partial charge on any atom is 0.239 e. The molecule has 1 fully saturated rings. The average Bonchev–Trinajstić information content (AvgIpc) is 2.89. The van der Waals surface area contributed by atoms with Crippen molar-refractivity contribution in [1.82, 2.24) is 9.80 Å². The predicted molar refractivity (Wildman–Crippen MR) is 101 cm³/mol. The molecule has 5 nitrogen and oxygen atoms in total. The van der Waals surface area contributed by atoms with Gasteiger partial charge in [0.15, 0.2) is 0 Å². The molecular formula is C21H24N4O. The van der Waals surface area contributed by atoms with Crippen LogP contribution < -0.4 is 5.73 Å². The Balaban J connectivity index is 1.65. The molecule has 0 saturated carbocycles. The van der Waals surface area contributed by atoms with Crippen LogP contribution >= 0.6 is 0 Å². The molecule has 134 valence electrons. The van der Waals surface area contributed by atoms with E-state index in [1.807, 2.05) is 54.6 Å². The van der Waals surface area contributed by atoms with Crippen molar-refractivity contribution < 1.29 is 4.79 Å². The van der Waals surface area contributed by atoms with Gasteiger partial charge in [-0.2, -0.15) is 5.26 Å². The summed E-state index contributed by atoms with van der Waals surface area (Å²) in [6, 6.07) is 19.3. The lowest BCUT2D eigenvalue weighted by Gasteiger charge is -2.28. The molecule has 2 N–H and O–H groups in total. The van der Waals surface area contributed by atoms with E-state index in [0.29, 0.717) is 5.56 Å². The van der Waals surface area contributed by atoms with Crippen molar-refractivity contribution in [3.05, 3.63) is 71.3 Å². The smallest absolute Gasteiger partial charge is 0.239 e. The van der Waals surface area contributed by atoms with Crippen molar-refractivity contribution in [2.75, 3.05) is 26.2 Å². The molecule has 1 atom stereocenters. The number of hydrogen-bond acceptors (Lipinski definition) is 4. The van der Waals surface area contributed by atoms with Gasteiger partial charge in [-0.15, -0.1) is 0 Å². The Labute approximate surface area is 154 Å². The number of nitrogens with two attached hydrogens (primary N) is 1. The third-order valence-electron chi connectivity index (χ3n) is 4.86. The molecule has 1 aliphatic heterocycles. The number of amides is 1. The Morgan fingerprint density at radius 3 is 2.42 bits per heavy atom. The molecule has 1 saturated heterocycles. The van der Waals surface area contributed by atoms with Gasteiger partial charge in [0.2, 0.25) is 5.91 Å². The zero-order valence-corrected chi connectivity index (χ0v) is 14.8.